The number of hydrogen-bond acceptors (Lipinski definition) is 2. The Bertz CT molecular complexity index is 685. The number of benzene rings is 2. The Kier molecular flexibility index (Phi) is 3.05. The maximum absolute atomic E-state index is 12.7. The van der Waals surface area contributed by atoms with E-state index >= 15 is 0 Å². The average Bonchev–Trinajstić information content (AvgIpc) is 3.04. The predicted octanol–water partition coefficient (Wildman–Crippen LogP) is 3.49. The van der Waals surface area contributed by atoms with Gasteiger partial charge in [-0.05, 0) is 18.1 Å². The van der Waals surface area contributed by atoms with Gasteiger partial charge in [0.05, 0.1) is 12.6 Å². The van der Waals surface area contributed by atoms with E-state index in [9.17, 15) is 4.79 Å². The van der Waals surface area contributed by atoms with Crippen molar-refractivity contribution in [2.24, 2.45) is 0 Å². The van der Waals surface area contributed by atoms with Crippen LogP contribution in [0.3, 0.4) is 0 Å². The van der Waals surface area contributed by atoms with E-state index in [0.717, 1.165) is 5.56 Å². The van der Waals surface area contributed by atoms with Crippen LogP contribution in [0.25, 0.3) is 0 Å². The van der Waals surface area contributed by atoms with E-state index in [0.29, 0.717) is 13.0 Å². The molecule has 0 radical (unpaired) electrons. The third-order valence-corrected chi connectivity index (χ3v) is 5.00. The third-order valence-electron chi connectivity index (χ3n) is 5.00. The second-order valence-corrected chi connectivity index (χ2v) is 6.22. The summed E-state index contributed by atoms with van der Waals surface area (Å²) >= 11 is 0. The molecule has 2 aromatic carbocycles. The maximum Gasteiger partial charge on any atom is 0.226 e. The largest absolute Gasteiger partial charge is 0.353 e. The maximum atomic E-state index is 12.7. The summed E-state index contributed by atoms with van der Waals surface area (Å²) in [5, 5.41) is 0. The van der Waals surface area contributed by atoms with Gasteiger partial charge >= 0.3 is 0 Å². The van der Waals surface area contributed by atoms with E-state index in [1.165, 1.54) is 5.56 Å². The molecule has 0 aliphatic carbocycles. The van der Waals surface area contributed by atoms with E-state index in [1.807, 2.05) is 41.3 Å². The molecule has 3 atom stereocenters. The first-order valence-electron chi connectivity index (χ1n) is 7.76. The van der Waals surface area contributed by atoms with Crippen molar-refractivity contribution in [3.63, 3.8) is 0 Å². The van der Waals surface area contributed by atoms with Gasteiger partial charge in [0.25, 0.3) is 0 Å². The van der Waals surface area contributed by atoms with Gasteiger partial charge in [0.2, 0.25) is 5.91 Å². The van der Waals surface area contributed by atoms with Crippen LogP contribution in [-0.2, 0) is 9.53 Å². The van der Waals surface area contributed by atoms with Crippen LogP contribution in [0.5, 0.6) is 0 Å². The SMILES string of the molecule is C[C@]12OC[C@H](c3ccccc3)N1C(=O)C[C@H]2c1ccccc1. The third kappa shape index (κ3) is 1.89. The number of rotatable bonds is 2. The van der Waals surface area contributed by atoms with Gasteiger partial charge in [0, 0.05) is 12.3 Å². The Morgan fingerprint density at radius 1 is 1.00 bits per heavy atom. The minimum Gasteiger partial charge on any atom is -0.353 e. The summed E-state index contributed by atoms with van der Waals surface area (Å²) in [5.74, 6) is 0.276. The highest BCUT2D eigenvalue weighted by Crippen LogP contribution is 2.51. The molecular weight excluding hydrogens is 274 g/mol. The molecule has 0 aromatic heterocycles. The van der Waals surface area contributed by atoms with Gasteiger partial charge in [-0.15, -0.1) is 0 Å². The molecule has 0 N–H and O–H groups in total. The molecule has 2 heterocycles. The van der Waals surface area contributed by atoms with Gasteiger partial charge in [0.1, 0.15) is 5.72 Å². The van der Waals surface area contributed by atoms with E-state index in [2.05, 4.69) is 31.2 Å². The summed E-state index contributed by atoms with van der Waals surface area (Å²) in [4.78, 5) is 14.6. The number of hydrogen-bond donors (Lipinski definition) is 0. The summed E-state index contributed by atoms with van der Waals surface area (Å²) in [6.07, 6.45) is 0.518. The van der Waals surface area contributed by atoms with Crippen LogP contribution >= 0.6 is 0 Å². The van der Waals surface area contributed by atoms with Crippen molar-refractivity contribution in [2.75, 3.05) is 6.61 Å². The van der Waals surface area contributed by atoms with E-state index in [-0.39, 0.29) is 17.9 Å². The van der Waals surface area contributed by atoms with Crippen LogP contribution in [0.4, 0.5) is 0 Å². The lowest BCUT2D eigenvalue weighted by Gasteiger charge is -2.34. The molecule has 112 valence electrons. The Morgan fingerprint density at radius 2 is 1.59 bits per heavy atom. The molecule has 2 aliphatic heterocycles. The smallest absolute Gasteiger partial charge is 0.226 e. The standard InChI is InChI=1S/C19H19NO2/c1-19-16(14-8-4-2-5-9-14)12-18(21)20(19)17(13-22-19)15-10-6-3-7-11-15/h2-11,16-17H,12-13H2,1H3/t16-,17+,19+/m0/s1. The van der Waals surface area contributed by atoms with Gasteiger partial charge in [-0.3, -0.25) is 4.79 Å². The van der Waals surface area contributed by atoms with Crippen molar-refractivity contribution in [3.05, 3.63) is 71.8 Å². The molecule has 3 heteroatoms. The van der Waals surface area contributed by atoms with Crippen molar-refractivity contribution >= 4 is 5.91 Å². The van der Waals surface area contributed by atoms with Crippen molar-refractivity contribution < 1.29 is 9.53 Å². The van der Waals surface area contributed by atoms with Gasteiger partial charge in [-0.25, -0.2) is 0 Å². The van der Waals surface area contributed by atoms with Crippen LogP contribution in [0.15, 0.2) is 60.7 Å². The first-order chi connectivity index (χ1) is 10.7. The molecule has 1 amide bonds. The summed E-state index contributed by atoms with van der Waals surface area (Å²) < 4.78 is 6.17. The second-order valence-electron chi connectivity index (χ2n) is 6.22. The fraction of sp³-hybridized carbons (Fsp3) is 0.316. The zero-order valence-corrected chi connectivity index (χ0v) is 12.6. The lowest BCUT2D eigenvalue weighted by Crippen LogP contribution is -2.42. The quantitative estimate of drug-likeness (QED) is 0.848. The number of carbonyl (C=O) groups excluding carboxylic acids is 1. The van der Waals surface area contributed by atoms with Gasteiger partial charge in [0.15, 0.2) is 0 Å². The molecule has 2 fully saturated rings. The van der Waals surface area contributed by atoms with E-state index < -0.39 is 5.72 Å². The molecule has 0 spiro atoms. The number of ether oxygens (including phenoxy) is 1. The Hall–Kier alpha value is -2.13. The molecular formula is C19H19NO2. The first kappa shape index (κ1) is 13.5. The predicted molar refractivity (Wildman–Crippen MR) is 84.2 cm³/mol. The Morgan fingerprint density at radius 3 is 2.23 bits per heavy atom. The normalized spacial score (nSPS) is 30.6. The van der Waals surface area contributed by atoms with Crippen molar-refractivity contribution in [1.29, 1.82) is 0 Å². The van der Waals surface area contributed by atoms with Crippen LogP contribution in [0, 0.1) is 0 Å². The minimum atomic E-state index is -0.543. The Labute approximate surface area is 130 Å². The molecule has 0 unspecified atom stereocenters. The van der Waals surface area contributed by atoms with E-state index in [4.69, 9.17) is 4.74 Å². The summed E-state index contributed by atoms with van der Waals surface area (Å²) in [6.45, 7) is 2.62. The number of amides is 1. The molecule has 0 saturated carbocycles. The first-order valence-corrected chi connectivity index (χ1v) is 7.76. The topological polar surface area (TPSA) is 29.5 Å². The molecule has 4 rings (SSSR count). The molecule has 2 aliphatic rings. The summed E-state index contributed by atoms with van der Waals surface area (Å²) in [5.41, 5.74) is 1.78. The lowest BCUT2D eigenvalue weighted by atomic mass is 9.90. The van der Waals surface area contributed by atoms with Crippen molar-refractivity contribution in [3.8, 4) is 0 Å². The second kappa shape index (κ2) is 4.96. The van der Waals surface area contributed by atoms with Crippen LogP contribution in [0.2, 0.25) is 0 Å². The monoisotopic (exact) mass is 293 g/mol. The van der Waals surface area contributed by atoms with E-state index in [1.54, 1.807) is 0 Å². The molecule has 3 nitrogen and oxygen atoms in total. The molecule has 2 saturated heterocycles. The van der Waals surface area contributed by atoms with Crippen LogP contribution in [0.1, 0.15) is 36.4 Å². The van der Waals surface area contributed by atoms with Gasteiger partial charge in [-0.2, -0.15) is 0 Å². The highest BCUT2D eigenvalue weighted by molar-refractivity contribution is 5.82. The van der Waals surface area contributed by atoms with Crippen LogP contribution < -0.4 is 0 Å². The highest BCUT2D eigenvalue weighted by Gasteiger charge is 2.57. The number of fused-ring (bicyclic) bond motifs is 1. The van der Waals surface area contributed by atoms with Gasteiger partial charge < -0.3 is 9.64 Å². The van der Waals surface area contributed by atoms with Crippen molar-refractivity contribution in [1.82, 2.24) is 4.90 Å². The average molecular weight is 293 g/mol. The van der Waals surface area contributed by atoms with Gasteiger partial charge in [-0.1, -0.05) is 60.7 Å². The summed E-state index contributed by atoms with van der Waals surface area (Å²) in [7, 11) is 0. The molecule has 0 bridgehead atoms. The van der Waals surface area contributed by atoms with Crippen LogP contribution in [-0.4, -0.2) is 23.1 Å². The highest BCUT2D eigenvalue weighted by atomic mass is 16.5. The number of nitrogens with zero attached hydrogens (tertiary/aromatic N) is 1. The van der Waals surface area contributed by atoms with Crippen molar-refractivity contribution in [2.45, 2.75) is 31.0 Å². The molecule has 22 heavy (non-hydrogen) atoms. The zero-order chi connectivity index (χ0) is 15.2. The molecule has 2 aromatic rings. The summed E-state index contributed by atoms with van der Waals surface area (Å²) in [6, 6.07) is 20.4. The Balaban J connectivity index is 1.72. The lowest BCUT2D eigenvalue weighted by molar-refractivity contribution is -0.137. The fourth-order valence-electron chi connectivity index (χ4n) is 3.89. The zero-order valence-electron chi connectivity index (χ0n) is 12.6. The fourth-order valence-corrected chi connectivity index (χ4v) is 3.89. The minimum absolute atomic E-state index is 0.0208. The number of carbonyl (C=O) groups is 1.